The zero-order valence-electron chi connectivity index (χ0n) is 11.6. The fraction of sp³-hybridized carbons (Fsp3) is 0. The number of fused-ring (bicyclic) bond motifs is 3. The molecule has 0 amide bonds. The maximum absolute atomic E-state index is 6.10. The molecule has 22 heavy (non-hydrogen) atoms. The molecule has 0 saturated heterocycles. The van der Waals surface area contributed by atoms with E-state index in [4.69, 9.17) is 70.8 Å². The predicted molar refractivity (Wildman–Crippen MR) is 104 cm³/mol. The van der Waals surface area contributed by atoms with Crippen LogP contribution in [0.5, 0.6) is 0 Å². The maximum Gasteiger partial charge on any atom is 0.234 e. The molecule has 3 rings (SSSR count). The number of hydrogen-bond donors (Lipinski definition) is 0. The number of hydrogen-bond acceptors (Lipinski definition) is 0. The molecular formula is C12B9N. The first-order valence-corrected chi connectivity index (χ1v) is 6.26. The topological polar surface area (TPSA) is 4.93 Å². The Morgan fingerprint density at radius 1 is 0.409 bits per heavy atom. The van der Waals surface area contributed by atoms with Gasteiger partial charge in [-0.25, -0.2) is 0 Å². The highest BCUT2D eigenvalue weighted by Gasteiger charge is 2.19. The first kappa shape index (κ1) is 15.7. The van der Waals surface area contributed by atoms with E-state index in [9.17, 15) is 0 Å². The minimum absolute atomic E-state index is 0.137. The second-order valence-corrected chi connectivity index (χ2v) is 5.13. The molecule has 0 aliphatic carbocycles. The van der Waals surface area contributed by atoms with Gasteiger partial charge in [0.15, 0.2) is 0 Å². The van der Waals surface area contributed by atoms with Crippen molar-refractivity contribution in [2.24, 2.45) is 0 Å². The molecule has 3 aromatic rings. The Labute approximate surface area is 141 Å². The first-order valence-electron chi connectivity index (χ1n) is 6.26. The van der Waals surface area contributed by atoms with Gasteiger partial charge < -0.3 is 4.48 Å². The van der Waals surface area contributed by atoms with Crippen molar-refractivity contribution in [3.05, 3.63) is 0 Å². The van der Waals surface area contributed by atoms with Crippen LogP contribution >= 0.6 is 0 Å². The standard InChI is InChI=1S/C12B9N/c13-3-1-2-4(14)6(16)8(18)10(20)12(2)22(21)11(1)9(19)7(17)5(3)15. The lowest BCUT2D eigenvalue weighted by Crippen LogP contribution is -2.49. The largest absolute Gasteiger partial charge is 0.398 e. The third-order valence-corrected chi connectivity index (χ3v) is 4.00. The molecule has 0 atom stereocenters. The number of aromatic nitrogens is 1. The Hall–Kier alpha value is -1.18. The summed E-state index contributed by atoms with van der Waals surface area (Å²) in [6.07, 6.45) is 0. The number of rotatable bonds is 0. The summed E-state index contributed by atoms with van der Waals surface area (Å²) < 4.78 is 1.24. The van der Waals surface area contributed by atoms with E-state index in [0.717, 1.165) is 0 Å². The molecule has 10 heteroatoms. The van der Waals surface area contributed by atoms with Crippen molar-refractivity contribution in [3.8, 4) is 0 Å². The van der Waals surface area contributed by atoms with Crippen LogP contribution in [0.15, 0.2) is 0 Å². The summed E-state index contributed by atoms with van der Waals surface area (Å²) in [5, 5.41) is 0.884. The van der Waals surface area contributed by atoms with Crippen LogP contribution in [0.4, 0.5) is 0 Å². The molecule has 0 unspecified atom stereocenters. The van der Waals surface area contributed by atoms with E-state index in [0.29, 0.717) is 21.8 Å². The van der Waals surface area contributed by atoms with Gasteiger partial charge in [-0.1, -0.05) is 21.9 Å². The normalized spacial score (nSPS) is 11.5. The molecule has 18 radical (unpaired) electrons. The monoisotopic (exact) mass is 257 g/mol. The summed E-state index contributed by atoms with van der Waals surface area (Å²) in [6.45, 7) is 0. The van der Waals surface area contributed by atoms with Gasteiger partial charge in [-0.05, 0) is 10.8 Å². The maximum atomic E-state index is 6.10. The lowest BCUT2D eigenvalue weighted by atomic mass is 9.63. The highest BCUT2D eigenvalue weighted by atomic mass is 14.9. The van der Waals surface area contributed by atoms with E-state index in [1.807, 2.05) is 0 Å². The summed E-state index contributed by atoms with van der Waals surface area (Å²) in [5.74, 6) is 0. The van der Waals surface area contributed by atoms with E-state index in [-0.39, 0.29) is 43.7 Å². The average Bonchev–Trinajstić information content (AvgIpc) is 2.80. The highest BCUT2D eigenvalue weighted by molar-refractivity contribution is 6.71. The molecule has 0 aliphatic heterocycles. The van der Waals surface area contributed by atoms with Crippen molar-refractivity contribution in [1.82, 2.24) is 4.48 Å². The molecule has 1 nitrogen and oxygen atoms in total. The fourth-order valence-electron chi connectivity index (χ4n) is 2.75. The van der Waals surface area contributed by atoms with Gasteiger partial charge in [0.25, 0.3) is 0 Å². The smallest absolute Gasteiger partial charge is 0.234 e. The van der Waals surface area contributed by atoms with Crippen molar-refractivity contribution in [2.45, 2.75) is 0 Å². The Kier molecular flexibility index (Phi) is 3.51. The van der Waals surface area contributed by atoms with Crippen LogP contribution in [-0.2, 0) is 0 Å². The molecule has 1 heterocycles. The highest BCUT2D eigenvalue weighted by Crippen LogP contribution is 2.20. The van der Waals surface area contributed by atoms with Crippen molar-refractivity contribution in [3.63, 3.8) is 0 Å². The molecule has 1 aromatic heterocycles. The summed E-state index contributed by atoms with van der Waals surface area (Å²) >= 11 is 0. The Balaban J connectivity index is 2.81. The Morgan fingerprint density at radius 3 is 1.00 bits per heavy atom. The fourth-order valence-corrected chi connectivity index (χ4v) is 2.75. The van der Waals surface area contributed by atoms with Gasteiger partial charge in [0.05, 0.1) is 0 Å². The van der Waals surface area contributed by atoms with E-state index < -0.39 is 0 Å². The molecular weight excluding hydrogens is 255 g/mol. The predicted octanol–water partition coefficient (Wildman–Crippen LogP) is -6.92. The zero-order valence-corrected chi connectivity index (χ0v) is 11.6. The van der Waals surface area contributed by atoms with Crippen LogP contribution in [0, 0.1) is 0 Å². The Bertz CT molecular complexity index is 896. The lowest BCUT2D eigenvalue weighted by Gasteiger charge is -2.15. The average molecular weight is 255 g/mol. The van der Waals surface area contributed by atoms with E-state index >= 15 is 0 Å². The summed E-state index contributed by atoms with van der Waals surface area (Å²) in [4.78, 5) is 0. The second kappa shape index (κ2) is 4.91. The molecule has 0 aliphatic rings. The minimum atomic E-state index is 0.137. The molecule has 0 bridgehead atoms. The first-order chi connectivity index (χ1) is 10.2. The van der Waals surface area contributed by atoms with E-state index in [1.165, 1.54) is 4.48 Å². The van der Waals surface area contributed by atoms with Gasteiger partial charge in [-0.15, -0.1) is 21.9 Å². The second-order valence-electron chi connectivity index (χ2n) is 5.13. The van der Waals surface area contributed by atoms with E-state index in [1.54, 1.807) is 0 Å². The van der Waals surface area contributed by atoms with Gasteiger partial charge >= 0.3 is 0 Å². The molecule has 0 saturated carbocycles. The third-order valence-electron chi connectivity index (χ3n) is 4.00. The molecule has 0 spiro atoms. The summed E-state index contributed by atoms with van der Waals surface area (Å²) in [6, 6.07) is 0. The SMILES string of the molecule is [B]c1c([B])c([B])c2c(c1[B])c1c([B])c([B])c([B])c([B])c1n2[B]. The zero-order chi connectivity index (χ0) is 16.5. The van der Waals surface area contributed by atoms with Crippen molar-refractivity contribution in [2.75, 3.05) is 0 Å². The van der Waals surface area contributed by atoms with Crippen LogP contribution in [0.2, 0.25) is 0 Å². The third kappa shape index (κ3) is 1.73. The van der Waals surface area contributed by atoms with Gasteiger partial charge in [0, 0.05) is 11.0 Å². The van der Waals surface area contributed by atoms with Crippen molar-refractivity contribution < 1.29 is 0 Å². The summed E-state index contributed by atoms with van der Waals surface area (Å²) in [5.41, 5.74) is 2.04. The van der Waals surface area contributed by atoms with E-state index in [2.05, 4.69) is 0 Å². The van der Waals surface area contributed by atoms with Crippen molar-refractivity contribution in [1.29, 1.82) is 0 Å². The quantitative estimate of drug-likeness (QED) is 0.352. The molecule has 0 N–H and O–H groups in total. The van der Waals surface area contributed by atoms with Crippen LogP contribution < -0.4 is 43.7 Å². The van der Waals surface area contributed by atoms with Gasteiger partial charge in [-0.3, -0.25) is 0 Å². The van der Waals surface area contributed by atoms with Gasteiger partial charge in [-0.2, -0.15) is 0 Å². The van der Waals surface area contributed by atoms with Crippen molar-refractivity contribution >= 4 is 136 Å². The summed E-state index contributed by atoms with van der Waals surface area (Å²) in [7, 11) is 53.8. The number of nitrogens with zero attached hydrogens (tertiary/aromatic N) is 1. The van der Waals surface area contributed by atoms with Crippen LogP contribution in [0.25, 0.3) is 21.8 Å². The van der Waals surface area contributed by atoms with Crippen LogP contribution in [-0.4, -0.2) is 75.2 Å². The Morgan fingerprint density at radius 2 is 0.682 bits per heavy atom. The minimum Gasteiger partial charge on any atom is -0.398 e. The molecule has 0 fully saturated rings. The van der Waals surface area contributed by atoms with Crippen LogP contribution in [0.1, 0.15) is 0 Å². The van der Waals surface area contributed by atoms with Gasteiger partial charge in [0.1, 0.15) is 62.8 Å². The van der Waals surface area contributed by atoms with Crippen LogP contribution in [0.3, 0.4) is 0 Å². The molecule has 2 aromatic carbocycles. The van der Waals surface area contributed by atoms with Gasteiger partial charge in [0.2, 0.25) is 7.98 Å². The number of benzene rings is 2. The lowest BCUT2D eigenvalue weighted by molar-refractivity contribution is 1.42. The molecule has 80 valence electrons.